The normalized spacial score (nSPS) is 15.6. The van der Waals surface area contributed by atoms with E-state index < -0.39 is 0 Å². The van der Waals surface area contributed by atoms with Crippen LogP contribution in [-0.4, -0.2) is 26.1 Å². The van der Waals surface area contributed by atoms with Crippen molar-refractivity contribution in [3.05, 3.63) is 47.8 Å². The summed E-state index contributed by atoms with van der Waals surface area (Å²) in [6.07, 6.45) is 3.75. The molecule has 0 aliphatic carbocycles. The Morgan fingerprint density at radius 3 is 3.11 bits per heavy atom. The lowest BCUT2D eigenvalue weighted by molar-refractivity contribution is 0.206. The van der Waals surface area contributed by atoms with Crippen LogP contribution in [0, 0.1) is 5.82 Å². The second-order valence-electron chi connectivity index (χ2n) is 4.52. The summed E-state index contributed by atoms with van der Waals surface area (Å²) in [5.41, 5.74) is 0.620. The van der Waals surface area contributed by atoms with Gasteiger partial charge in [0.1, 0.15) is 17.4 Å². The second kappa shape index (κ2) is 4.42. The number of hydrogen-bond donors (Lipinski definition) is 1. The van der Waals surface area contributed by atoms with Crippen LogP contribution in [0.1, 0.15) is 11.4 Å². The quantitative estimate of drug-likeness (QED) is 0.879. The van der Waals surface area contributed by atoms with Gasteiger partial charge in [-0.1, -0.05) is 0 Å². The number of nitrogens with zero attached hydrogens (tertiary/aromatic N) is 3. The van der Waals surface area contributed by atoms with Crippen molar-refractivity contribution < 1.29 is 9.50 Å². The van der Waals surface area contributed by atoms with Gasteiger partial charge in [0.25, 0.3) is 0 Å². The van der Waals surface area contributed by atoms with Crippen LogP contribution in [-0.2, 0) is 19.6 Å². The predicted molar refractivity (Wildman–Crippen MR) is 64.4 cm³/mol. The Labute approximate surface area is 104 Å². The van der Waals surface area contributed by atoms with Crippen LogP contribution in [0.25, 0.3) is 0 Å². The summed E-state index contributed by atoms with van der Waals surface area (Å²) >= 11 is 0. The third kappa shape index (κ3) is 2.09. The van der Waals surface area contributed by atoms with E-state index in [2.05, 4.69) is 14.5 Å². The minimum Gasteiger partial charge on any atom is -0.508 e. The summed E-state index contributed by atoms with van der Waals surface area (Å²) < 4.78 is 15.3. The van der Waals surface area contributed by atoms with Gasteiger partial charge in [-0.2, -0.15) is 0 Å². The Bertz CT molecular complexity index is 567. The number of halogens is 1. The highest BCUT2D eigenvalue weighted by atomic mass is 19.1. The third-order valence-corrected chi connectivity index (χ3v) is 3.26. The molecule has 0 bridgehead atoms. The molecule has 0 saturated heterocycles. The molecule has 0 saturated carbocycles. The van der Waals surface area contributed by atoms with Gasteiger partial charge in [-0.25, -0.2) is 9.37 Å². The van der Waals surface area contributed by atoms with E-state index >= 15 is 0 Å². The van der Waals surface area contributed by atoms with Crippen LogP contribution in [0.3, 0.4) is 0 Å². The maximum Gasteiger partial charge on any atom is 0.123 e. The number of aromatic hydroxyl groups is 1. The Morgan fingerprint density at radius 2 is 2.22 bits per heavy atom. The number of phenolic OH excluding ortho intramolecular Hbond substituents is 1. The first-order valence-corrected chi connectivity index (χ1v) is 5.92. The molecule has 0 unspecified atom stereocenters. The zero-order valence-electron chi connectivity index (χ0n) is 9.88. The minimum absolute atomic E-state index is 0.144. The maximum absolute atomic E-state index is 13.1. The van der Waals surface area contributed by atoms with Crippen LogP contribution in [0.4, 0.5) is 4.39 Å². The summed E-state index contributed by atoms with van der Waals surface area (Å²) in [5.74, 6) is 0.837. The van der Waals surface area contributed by atoms with Crippen molar-refractivity contribution in [3.8, 4) is 5.75 Å². The van der Waals surface area contributed by atoms with Gasteiger partial charge in [0.2, 0.25) is 0 Å². The highest BCUT2D eigenvalue weighted by Crippen LogP contribution is 2.21. The van der Waals surface area contributed by atoms with Crippen LogP contribution in [0.2, 0.25) is 0 Å². The summed E-state index contributed by atoms with van der Waals surface area (Å²) in [4.78, 5) is 6.42. The standard InChI is InChI=1S/C13H14FN3O/c14-11-1-2-12(18)10(7-11)8-16-5-6-17-4-3-15-13(17)9-16/h1-4,7,18H,5-6,8-9H2. The first-order chi connectivity index (χ1) is 8.72. The van der Waals surface area contributed by atoms with E-state index in [1.165, 1.54) is 18.2 Å². The first-order valence-electron chi connectivity index (χ1n) is 5.92. The molecule has 0 fully saturated rings. The fourth-order valence-electron chi connectivity index (χ4n) is 2.28. The van der Waals surface area contributed by atoms with Crippen molar-refractivity contribution in [2.45, 2.75) is 19.6 Å². The monoisotopic (exact) mass is 247 g/mol. The lowest BCUT2D eigenvalue weighted by atomic mass is 10.1. The van der Waals surface area contributed by atoms with E-state index in [9.17, 15) is 9.50 Å². The lowest BCUT2D eigenvalue weighted by Gasteiger charge is -2.27. The molecule has 2 heterocycles. The fraction of sp³-hybridized carbons (Fsp3) is 0.308. The van der Waals surface area contributed by atoms with Crippen LogP contribution in [0.15, 0.2) is 30.6 Å². The Hall–Kier alpha value is -1.88. The molecular formula is C13H14FN3O. The summed E-state index contributed by atoms with van der Waals surface area (Å²) in [5, 5.41) is 9.71. The molecule has 0 amide bonds. The van der Waals surface area contributed by atoms with Crippen molar-refractivity contribution in [1.29, 1.82) is 0 Å². The molecule has 0 radical (unpaired) electrons. The van der Waals surface area contributed by atoms with Crippen LogP contribution >= 0.6 is 0 Å². The summed E-state index contributed by atoms with van der Waals surface area (Å²) in [6.45, 7) is 3.02. The van der Waals surface area contributed by atoms with Gasteiger partial charge in [0, 0.05) is 37.6 Å². The van der Waals surface area contributed by atoms with E-state index in [-0.39, 0.29) is 11.6 Å². The maximum atomic E-state index is 13.1. The van der Waals surface area contributed by atoms with E-state index in [1.807, 2.05) is 6.20 Å². The van der Waals surface area contributed by atoms with E-state index in [1.54, 1.807) is 6.20 Å². The second-order valence-corrected chi connectivity index (χ2v) is 4.52. The highest BCUT2D eigenvalue weighted by molar-refractivity contribution is 5.32. The highest BCUT2D eigenvalue weighted by Gasteiger charge is 2.17. The largest absolute Gasteiger partial charge is 0.508 e. The molecule has 2 aromatic rings. The van der Waals surface area contributed by atoms with E-state index in [0.29, 0.717) is 12.1 Å². The van der Waals surface area contributed by atoms with Crippen molar-refractivity contribution in [3.63, 3.8) is 0 Å². The Balaban J connectivity index is 1.76. The molecule has 0 atom stereocenters. The number of benzene rings is 1. The molecule has 0 spiro atoms. The smallest absolute Gasteiger partial charge is 0.123 e. The number of aromatic nitrogens is 2. The molecule has 94 valence electrons. The van der Waals surface area contributed by atoms with Crippen LogP contribution < -0.4 is 0 Å². The zero-order chi connectivity index (χ0) is 12.5. The molecule has 3 rings (SSSR count). The number of hydrogen-bond acceptors (Lipinski definition) is 3. The van der Waals surface area contributed by atoms with Gasteiger partial charge in [-0.15, -0.1) is 0 Å². The third-order valence-electron chi connectivity index (χ3n) is 3.26. The molecule has 4 nitrogen and oxygen atoms in total. The minimum atomic E-state index is -0.318. The van der Waals surface area contributed by atoms with Crippen molar-refractivity contribution >= 4 is 0 Å². The number of fused-ring (bicyclic) bond motifs is 1. The Morgan fingerprint density at radius 1 is 1.33 bits per heavy atom. The molecule has 1 aliphatic heterocycles. The Kier molecular flexibility index (Phi) is 2.76. The molecule has 1 aliphatic rings. The first kappa shape index (κ1) is 11.2. The fourth-order valence-corrected chi connectivity index (χ4v) is 2.28. The molecule has 1 aromatic carbocycles. The van der Waals surface area contributed by atoms with Crippen LogP contribution in [0.5, 0.6) is 5.75 Å². The summed E-state index contributed by atoms with van der Waals surface area (Å²) in [6, 6.07) is 4.05. The average Bonchev–Trinajstić information content (AvgIpc) is 2.81. The SMILES string of the molecule is Oc1ccc(F)cc1CN1CCn2ccnc2C1. The number of imidazole rings is 1. The van der Waals surface area contributed by atoms with Crippen molar-refractivity contribution in [2.24, 2.45) is 0 Å². The van der Waals surface area contributed by atoms with Gasteiger partial charge in [0.15, 0.2) is 0 Å². The van der Waals surface area contributed by atoms with Gasteiger partial charge in [-0.3, -0.25) is 4.90 Å². The average molecular weight is 247 g/mol. The van der Waals surface area contributed by atoms with E-state index in [0.717, 1.165) is 25.5 Å². The van der Waals surface area contributed by atoms with Gasteiger partial charge in [-0.05, 0) is 18.2 Å². The van der Waals surface area contributed by atoms with Crippen molar-refractivity contribution in [2.75, 3.05) is 6.54 Å². The summed E-state index contributed by atoms with van der Waals surface area (Å²) in [7, 11) is 0. The molecular weight excluding hydrogens is 233 g/mol. The van der Waals surface area contributed by atoms with E-state index in [4.69, 9.17) is 0 Å². The predicted octanol–water partition coefficient (Wildman–Crippen LogP) is 1.74. The molecule has 5 heteroatoms. The molecule has 18 heavy (non-hydrogen) atoms. The van der Waals surface area contributed by atoms with Gasteiger partial charge < -0.3 is 9.67 Å². The van der Waals surface area contributed by atoms with Gasteiger partial charge >= 0.3 is 0 Å². The number of rotatable bonds is 2. The molecule has 1 aromatic heterocycles. The topological polar surface area (TPSA) is 41.3 Å². The molecule has 1 N–H and O–H groups in total. The lowest BCUT2D eigenvalue weighted by Crippen LogP contribution is -2.33. The van der Waals surface area contributed by atoms with Crippen molar-refractivity contribution in [1.82, 2.24) is 14.5 Å². The number of phenols is 1. The zero-order valence-corrected chi connectivity index (χ0v) is 9.88. The van der Waals surface area contributed by atoms with Gasteiger partial charge in [0.05, 0.1) is 6.54 Å².